The molecule has 0 heterocycles. The van der Waals surface area contributed by atoms with Crippen molar-refractivity contribution < 1.29 is 14.3 Å². The molecule has 2 rings (SSSR count). The van der Waals surface area contributed by atoms with E-state index >= 15 is 0 Å². The normalized spacial score (nSPS) is 9.91. The molecule has 0 spiro atoms. The molecule has 114 valence electrons. The summed E-state index contributed by atoms with van der Waals surface area (Å²) in [7, 11) is 1.57. The van der Waals surface area contributed by atoms with E-state index in [1.54, 1.807) is 55.6 Å². The van der Waals surface area contributed by atoms with E-state index in [1.165, 1.54) is 4.90 Å². The van der Waals surface area contributed by atoms with Crippen molar-refractivity contribution in [1.82, 2.24) is 5.32 Å². The summed E-state index contributed by atoms with van der Waals surface area (Å²) in [6.07, 6.45) is -0.553. The highest BCUT2D eigenvalue weighted by molar-refractivity contribution is 6.03. The fourth-order valence-electron chi connectivity index (χ4n) is 1.97. The monoisotopic (exact) mass is 298 g/mol. The third-order valence-corrected chi connectivity index (χ3v) is 3.07. The fourth-order valence-corrected chi connectivity index (χ4v) is 1.97. The molecule has 0 fully saturated rings. The van der Waals surface area contributed by atoms with Gasteiger partial charge >= 0.3 is 6.09 Å². The summed E-state index contributed by atoms with van der Waals surface area (Å²) in [4.78, 5) is 25.6. The summed E-state index contributed by atoms with van der Waals surface area (Å²) in [6, 6.07) is 15.7. The van der Waals surface area contributed by atoms with Crippen molar-refractivity contribution in [2.45, 2.75) is 6.92 Å². The molecule has 0 atom stereocenters. The molecule has 0 radical (unpaired) electrons. The van der Waals surface area contributed by atoms with Gasteiger partial charge in [0, 0.05) is 13.6 Å². The van der Waals surface area contributed by atoms with Gasteiger partial charge in [-0.2, -0.15) is 0 Å². The van der Waals surface area contributed by atoms with Gasteiger partial charge < -0.3 is 10.1 Å². The average Bonchev–Trinajstić information content (AvgIpc) is 2.55. The first-order valence-electron chi connectivity index (χ1n) is 7.01. The van der Waals surface area contributed by atoms with Gasteiger partial charge in [0.15, 0.2) is 0 Å². The lowest BCUT2D eigenvalue weighted by atomic mass is 10.1. The molecule has 0 aliphatic carbocycles. The topological polar surface area (TPSA) is 58.6 Å². The van der Waals surface area contributed by atoms with E-state index in [0.717, 1.165) is 0 Å². The maximum absolute atomic E-state index is 12.2. The van der Waals surface area contributed by atoms with Crippen molar-refractivity contribution in [3.05, 3.63) is 60.2 Å². The number of carbonyl (C=O) groups excluding carboxylic acids is 2. The molecule has 2 amide bonds. The SMILES string of the molecule is CCNC(=O)c1ccccc1N(C)C(=O)Oc1ccccc1. The van der Waals surface area contributed by atoms with Crippen LogP contribution >= 0.6 is 0 Å². The Morgan fingerprint density at radius 2 is 1.68 bits per heavy atom. The number of hydrogen-bond donors (Lipinski definition) is 1. The fraction of sp³-hybridized carbons (Fsp3) is 0.176. The summed E-state index contributed by atoms with van der Waals surface area (Å²) in [5, 5.41) is 2.73. The zero-order valence-electron chi connectivity index (χ0n) is 12.6. The molecule has 22 heavy (non-hydrogen) atoms. The number of anilines is 1. The van der Waals surface area contributed by atoms with Crippen LogP contribution < -0.4 is 15.0 Å². The number of benzene rings is 2. The van der Waals surface area contributed by atoms with Crippen LogP contribution in [0, 0.1) is 0 Å². The smallest absolute Gasteiger partial charge is 0.410 e. The van der Waals surface area contributed by atoms with Crippen molar-refractivity contribution in [3.63, 3.8) is 0 Å². The van der Waals surface area contributed by atoms with E-state index in [-0.39, 0.29) is 5.91 Å². The zero-order chi connectivity index (χ0) is 15.9. The van der Waals surface area contributed by atoms with E-state index in [4.69, 9.17) is 4.74 Å². The quantitative estimate of drug-likeness (QED) is 0.943. The maximum Gasteiger partial charge on any atom is 0.419 e. The van der Waals surface area contributed by atoms with Gasteiger partial charge in [0.2, 0.25) is 0 Å². The number of nitrogens with one attached hydrogen (secondary N) is 1. The summed E-state index contributed by atoms with van der Waals surface area (Å²) in [6.45, 7) is 2.36. The van der Waals surface area contributed by atoms with Gasteiger partial charge in [-0.15, -0.1) is 0 Å². The van der Waals surface area contributed by atoms with E-state index in [0.29, 0.717) is 23.5 Å². The molecule has 0 saturated carbocycles. The zero-order valence-corrected chi connectivity index (χ0v) is 12.6. The van der Waals surface area contributed by atoms with Crippen molar-refractivity contribution >= 4 is 17.7 Å². The summed E-state index contributed by atoms with van der Waals surface area (Å²) < 4.78 is 5.28. The first kappa shape index (κ1) is 15.6. The highest BCUT2D eigenvalue weighted by Gasteiger charge is 2.19. The van der Waals surface area contributed by atoms with E-state index in [9.17, 15) is 9.59 Å². The van der Waals surface area contributed by atoms with E-state index < -0.39 is 6.09 Å². The van der Waals surface area contributed by atoms with Crippen LogP contribution in [-0.2, 0) is 0 Å². The predicted molar refractivity (Wildman–Crippen MR) is 85.3 cm³/mol. The number of nitrogens with zero attached hydrogens (tertiary/aromatic N) is 1. The summed E-state index contributed by atoms with van der Waals surface area (Å²) >= 11 is 0. The van der Waals surface area contributed by atoms with Crippen LogP contribution in [0.1, 0.15) is 17.3 Å². The molecular formula is C17H18N2O3. The van der Waals surface area contributed by atoms with E-state index in [2.05, 4.69) is 5.32 Å². The maximum atomic E-state index is 12.2. The minimum atomic E-state index is -0.553. The predicted octanol–water partition coefficient (Wildman–Crippen LogP) is 3.07. The standard InChI is InChI=1S/C17H18N2O3/c1-3-18-16(20)14-11-7-8-12-15(14)19(2)17(21)22-13-9-5-4-6-10-13/h4-12H,3H2,1-2H3,(H,18,20). The van der Waals surface area contributed by atoms with Crippen molar-refractivity contribution in [1.29, 1.82) is 0 Å². The van der Waals surface area contributed by atoms with Gasteiger partial charge in [0.05, 0.1) is 11.3 Å². The highest BCUT2D eigenvalue weighted by Crippen LogP contribution is 2.21. The van der Waals surface area contributed by atoms with Gasteiger partial charge in [0.25, 0.3) is 5.91 Å². The van der Waals surface area contributed by atoms with Gasteiger partial charge in [0.1, 0.15) is 5.75 Å². The van der Waals surface area contributed by atoms with Crippen molar-refractivity contribution in [2.24, 2.45) is 0 Å². The Bertz CT molecular complexity index is 656. The second kappa shape index (κ2) is 7.26. The summed E-state index contributed by atoms with van der Waals surface area (Å²) in [5.41, 5.74) is 0.922. The molecule has 0 aromatic heterocycles. The van der Waals surface area contributed by atoms with Crippen LogP contribution in [0.3, 0.4) is 0 Å². The first-order valence-corrected chi connectivity index (χ1v) is 7.01. The second-order valence-electron chi connectivity index (χ2n) is 4.62. The molecule has 2 aromatic rings. The number of carbonyl (C=O) groups is 2. The Hall–Kier alpha value is -2.82. The Morgan fingerprint density at radius 3 is 2.36 bits per heavy atom. The van der Waals surface area contributed by atoms with Crippen LogP contribution in [0.4, 0.5) is 10.5 Å². The number of hydrogen-bond acceptors (Lipinski definition) is 3. The largest absolute Gasteiger partial charge is 0.419 e. The molecule has 0 bridgehead atoms. The molecule has 2 aromatic carbocycles. The van der Waals surface area contributed by atoms with Crippen molar-refractivity contribution in [3.8, 4) is 5.75 Å². The van der Waals surface area contributed by atoms with Crippen molar-refractivity contribution in [2.75, 3.05) is 18.5 Å². The lowest BCUT2D eigenvalue weighted by Gasteiger charge is -2.19. The first-order chi connectivity index (χ1) is 10.6. The van der Waals surface area contributed by atoms with Crippen LogP contribution in [0.2, 0.25) is 0 Å². The lowest BCUT2D eigenvalue weighted by Crippen LogP contribution is -2.32. The van der Waals surface area contributed by atoms with Crippen LogP contribution in [0.15, 0.2) is 54.6 Å². The minimum absolute atomic E-state index is 0.225. The molecule has 0 unspecified atom stereocenters. The number of ether oxygens (including phenoxy) is 1. The molecular weight excluding hydrogens is 280 g/mol. The molecule has 0 aliphatic rings. The molecule has 0 saturated heterocycles. The van der Waals surface area contributed by atoms with Crippen LogP contribution in [-0.4, -0.2) is 25.6 Å². The third kappa shape index (κ3) is 3.63. The Balaban J connectivity index is 2.20. The number of amides is 2. The molecule has 0 aliphatic heterocycles. The average molecular weight is 298 g/mol. The van der Waals surface area contributed by atoms with Gasteiger partial charge in [-0.25, -0.2) is 4.79 Å². The number of rotatable bonds is 4. The Kier molecular flexibility index (Phi) is 5.14. The third-order valence-electron chi connectivity index (χ3n) is 3.07. The van der Waals surface area contributed by atoms with Gasteiger partial charge in [-0.3, -0.25) is 9.69 Å². The molecule has 5 nitrogen and oxygen atoms in total. The summed E-state index contributed by atoms with van der Waals surface area (Å²) in [5.74, 6) is 0.229. The second-order valence-corrected chi connectivity index (χ2v) is 4.62. The lowest BCUT2D eigenvalue weighted by molar-refractivity contribution is 0.0956. The van der Waals surface area contributed by atoms with Crippen LogP contribution in [0.5, 0.6) is 5.75 Å². The molecule has 1 N–H and O–H groups in total. The van der Waals surface area contributed by atoms with Crippen LogP contribution in [0.25, 0.3) is 0 Å². The van der Waals surface area contributed by atoms with E-state index in [1.807, 2.05) is 13.0 Å². The molecule has 5 heteroatoms. The minimum Gasteiger partial charge on any atom is -0.410 e. The Labute approximate surface area is 129 Å². The van der Waals surface area contributed by atoms with Gasteiger partial charge in [-0.1, -0.05) is 30.3 Å². The Morgan fingerprint density at radius 1 is 1.05 bits per heavy atom. The van der Waals surface area contributed by atoms with Gasteiger partial charge in [-0.05, 0) is 31.2 Å². The number of para-hydroxylation sites is 2. The highest BCUT2D eigenvalue weighted by atomic mass is 16.6.